The Bertz CT molecular complexity index is 659. The van der Waals surface area contributed by atoms with Gasteiger partial charge in [-0.2, -0.15) is 0 Å². The quantitative estimate of drug-likeness (QED) is 0.865. The summed E-state index contributed by atoms with van der Waals surface area (Å²) in [6.07, 6.45) is 0.144. The molecule has 4 nitrogen and oxygen atoms in total. The molecule has 1 saturated heterocycles. The van der Waals surface area contributed by atoms with Crippen LogP contribution in [0.5, 0.6) is 5.75 Å². The fraction of sp³-hybridized carbons (Fsp3) is 0.350. The van der Waals surface area contributed by atoms with Crippen LogP contribution in [-0.2, 0) is 9.53 Å². The van der Waals surface area contributed by atoms with Crippen molar-refractivity contribution in [3.63, 3.8) is 0 Å². The molecule has 1 aliphatic rings. The van der Waals surface area contributed by atoms with E-state index in [4.69, 9.17) is 9.47 Å². The van der Waals surface area contributed by atoms with E-state index in [2.05, 4.69) is 12.1 Å². The smallest absolute Gasteiger partial charge is 0.260 e. The molecular formula is C20H23NO3. The summed E-state index contributed by atoms with van der Waals surface area (Å²) < 4.78 is 11.3. The van der Waals surface area contributed by atoms with Crippen LogP contribution in [-0.4, -0.2) is 42.7 Å². The molecule has 0 N–H and O–H groups in total. The molecule has 0 spiro atoms. The van der Waals surface area contributed by atoms with Gasteiger partial charge in [0.1, 0.15) is 5.75 Å². The van der Waals surface area contributed by atoms with Gasteiger partial charge in [0.05, 0.1) is 12.2 Å². The van der Waals surface area contributed by atoms with E-state index in [1.807, 2.05) is 61.2 Å². The molecule has 2 aromatic carbocycles. The third-order valence-corrected chi connectivity index (χ3v) is 4.10. The van der Waals surface area contributed by atoms with Gasteiger partial charge < -0.3 is 14.4 Å². The van der Waals surface area contributed by atoms with Gasteiger partial charge >= 0.3 is 0 Å². The van der Waals surface area contributed by atoms with Crippen molar-refractivity contribution in [2.75, 3.05) is 19.7 Å². The predicted octanol–water partition coefficient (Wildman–Crippen LogP) is 3.37. The van der Waals surface area contributed by atoms with Crippen LogP contribution in [0.25, 0.3) is 11.1 Å². The third-order valence-electron chi connectivity index (χ3n) is 4.10. The van der Waals surface area contributed by atoms with E-state index < -0.39 is 0 Å². The zero-order valence-electron chi connectivity index (χ0n) is 14.1. The lowest BCUT2D eigenvalue weighted by atomic mass is 10.1. The summed E-state index contributed by atoms with van der Waals surface area (Å²) in [6, 6.07) is 18.0. The van der Waals surface area contributed by atoms with Crippen molar-refractivity contribution in [1.29, 1.82) is 0 Å². The Morgan fingerprint density at radius 3 is 2.21 bits per heavy atom. The number of ether oxygens (including phenoxy) is 2. The van der Waals surface area contributed by atoms with Crippen LogP contribution in [0.4, 0.5) is 0 Å². The molecule has 1 aliphatic heterocycles. The maximum Gasteiger partial charge on any atom is 0.260 e. The predicted molar refractivity (Wildman–Crippen MR) is 94.0 cm³/mol. The van der Waals surface area contributed by atoms with E-state index in [0.717, 1.165) is 11.1 Å². The highest BCUT2D eigenvalue weighted by atomic mass is 16.5. The summed E-state index contributed by atoms with van der Waals surface area (Å²) in [5.41, 5.74) is 2.29. The number of amides is 1. The van der Waals surface area contributed by atoms with Crippen LogP contribution in [0, 0.1) is 0 Å². The maximum absolute atomic E-state index is 12.3. The molecule has 24 heavy (non-hydrogen) atoms. The molecular weight excluding hydrogens is 302 g/mol. The first-order valence-electron chi connectivity index (χ1n) is 8.33. The standard InChI is InChI=1S/C20H23NO3/c1-15-12-21(13-16(2)24-15)20(22)14-23-19-10-8-18(9-11-19)17-6-4-3-5-7-17/h3-11,15-16H,12-14H2,1-2H3/t15-,16-/m1/s1. The molecule has 1 fully saturated rings. The lowest BCUT2D eigenvalue weighted by Crippen LogP contribution is -2.49. The van der Waals surface area contributed by atoms with Gasteiger partial charge in [-0.3, -0.25) is 4.79 Å². The highest BCUT2D eigenvalue weighted by molar-refractivity contribution is 5.78. The summed E-state index contributed by atoms with van der Waals surface area (Å²) in [5, 5.41) is 0. The summed E-state index contributed by atoms with van der Waals surface area (Å²) in [7, 11) is 0. The van der Waals surface area contributed by atoms with Crippen LogP contribution in [0.1, 0.15) is 13.8 Å². The Kier molecular flexibility index (Phi) is 5.16. The number of hydrogen-bond acceptors (Lipinski definition) is 3. The Morgan fingerprint density at radius 2 is 1.58 bits per heavy atom. The van der Waals surface area contributed by atoms with Crippen LogP contribution >= 0.6 is 0 Å². The van der Waals surface area contributed by atoms with Gasteiger partial charge in [0, 0.05) is 13.1 Å². The first kappa shape index (κ1) is 16.5. The Labute approximate surface area is 143 Å². The minimum Gasteiger partial charge on any atom is -0.484 e. The Balaban J connectivity index is 1.56. The number of carbonyl (C=O) groups is 1. The van der Waals surface area contributed by atoms with Crippen molar-refractivity contribution in [2.24, 2.45) is 0 Å². The molecule has 0 saturated carbocycles. The molecule has 0 aromatic heterocycles. The first-order chi connectivity index (χ1) is 11.6. The van der Waals surface area contributed by atoms with Crippen LogP contribution < -0.4 is 4.74 Å². The molecule has 2 aromatic rings. The monoisotopic (exact) mass is 325 g/mol. The minimum absolute atomic E-state index is 0.00383. The summed E-state index contributed by atoms with van der Waals surface area (Å²) in [5.74, 6) is 0.710. The molecule has 126 valence electrons. The molecule has 0 bridgehead atoms. The van der Waals surface area contributed by atoms with Crippen molar-refractivity contribution < 1.29 is 14.3 Å². The summed E-state index contributed by atoms with van der Waals surface area (Å²) in [6.45, 7) is 5.28. The van der Waals surface area contributed by atoms with E-state index in [0.29, 0.717) is 18.8 Å². The lowest BCUT2D eigenvalue weighted by Gasteiger charge is -2.35. The lowest BCUT2D eigenvalue weighted by molar-refractivity contribution is -0.145. The van der Waals surface area contributed by atoms with Gasteiger partial charge in [-0.1, -0.05) is 42.5 Å². The SMILES string of the molecule is C[C@@H]1CN(C(=O)COc2ccc(-c3ccccc3)cc2)C[C@@H](C)O1. The highest BCUT2D eigenvalue weighted by Crippen LogP contribution is 2.22. The molecule has 3 rings (SSSR count). The van der Waals surface area contributed by atoms with Crippen LogP contribution in [0.3, 0.4) is 0 Å². The van der Waals surface area contributed by atoms with E-state index >= 15 is 0 Å². The van der Waals surface area contributed by atoms with Crippen LogP contribution in [0.2, 0.25) is 0 Å². The fourth-order valence-corrected chi connectivity index (χ4v) is 2.99. The minimum atomic E-state index is 0.00383. The van der Waals surface area contributed by atoms with Gasteiger partial charge in [-0.25, -0.2) is 0 Å². The molecule has 0 radical (unpaired) electrons. The fourth-order valence-electron chi connectivity index (χ4n) is 2.99. The molecule has 0 aliphatic carbocycles. The van der Waals surface area contributed by atoms with Gasteiger partial charge in [0.15, 0.2) is 6.61 Å². The summed E-state index contributed by atoms with van der Waals surface area (Å²) >= 11 is 0. The molecule has 0 unspecified atom stereocenters. The Hall–Kier alpha value is -2.33. The molecule has 1 heterocycles. The average molecular weight is 325 g/mol. The van der Waals surface area contributed by atoms with Crippen LogP contribution in [0.15, 0.2) is 54.6 Å². The maximum atomic E-state index is 12.3. The van der Waals surface area contributed by atoms with Crippen molar-refractivity contribution in [3.8, 4) is 16.9 Å². The molecule has 2 atom stereocenters. The molecule has 1 amide bonds. The van der Waals surface area contributed by atoms with Crippen molar-refractivity contribution >= 4 is 5.91 Å². The number of nitrogens with zero attached hydrogens (tertiary/aromatic N) is 1. The summed E-state index contributed by atoms with van der Waals surface area (Å²) in [4.78, 5) is 14.1. The normalized spacial score (nSPS) is 20.7. The topological polar surface area (TPSA) is 38.8 Å². The van der Waals surface area contributed by atoms with Gasteiger partial charge in [-0.05, 0) is 37.1 Å². The second-order valence-corrected chi connectivity index (χ2v) is 6.24. The van der Waals surface area contributed by atoms with E-state index in [-0.39, 0.29) is 24.7 Å². The number of morpholine rings is 1. The van der Waals surface area contributed by atoms with E-state index in [1.165, 1.54) is 0 Å². The van der Waals surface area contributed by atoms with E-state index in [9.17, 15) is 4.79 Å². The van der Waals surface area contributed by atoms with E-state index in [1.54, 1.807) is 0 Å². The number of carbonyl (C=O) groups excluding carboxylic acids is 1. The van der Waals surface area contributed by atoms with Crippen molar-refractivity contribution in [1.82, 2.24) is 4.90 Å². The van der Waals surface area contributed by atoms with Gasteiger partial charge in [0.25, 0.3) is 5.91 Å². The molecule has 4 heteroatoms. The van der Waals surface area contributed by atoms with Crippen molar-refractivity contribution in [2.45, 2.75) is 26.1 Å². The number of benzene rings is 2. The van der Waals surface area contributed by atoms with Crippen molar-refractivity contribution in [3.05, 3.63) is 54.6 Å². The Morgan fingerprint density at radius 1 is 1.00 bits per heavy atom. The van der Waals surface area contributed by atoms with Gasteiger partial charge in [0.2, 0.25) is 0 Å². The zero-order chi connectivity index (χ0) is 16.9. The largest absolute Gasteiger partial charge is 0.484 e. The second kappa shape index (κ2) is 7.49. The second-order valence-electron chi connectivity index (χ2n) is 6.24. The average Bonchev–Trinajstić information content (AvgIpc) is 2.60. The van der Waals surface area contributed by atoms with Gasteiger partial charge in [-0.15, -0.1) is 0 Å². The number of rotatable bonds is 4. The first-order valence-corrected chi connectivity index (χ1v) is 8.33. The highest BCUT2D eigenvalue weighted by Gasteiger charge is 2.25. The number of hydrogen-bond donors (Lipinski definition) is 0. The third kappa shape index (κ3) is 4.15. The zero-order valence-corrected chi connectivity index (χ0v) is 14.1.